The molecule has 1 fully saturated rings. The van der Waals surface area contributed by atoms with E-state index in [9.17, 15) is 0 Å². The summed E-state index contributed by atoms with van der Waals surface area (Å²) < 4.78 is 0. The van der Waals surface area contributed by atoms with Crippen LogP contribution in [0.2, 0.25) is 0 Å². The third-order valence-corrected chi connectivity index (χ3v) is 3.70. The van der Waals surface area contributed by atoms with Crippen molar-refractivity contribution in [3.05, 3.63) is 0 Å². The quantitative estimate of drug-likeness (QED) is 0.574. The fraction of sp³-hybridized carbons (Fsp3) is 1.00. The van der Waals surface area contributed by atoms with Gasteiger partial charge in [0.25, 0.3) is 0 Å². The number of likely N-dealkylation sites (tertiary alicyclic amines) is 1. The zero-order valence-electron chi connectivity index (χ0n) is 10.8. The Morgan fingerprint density at radius 1 is 0.933 bits per heavy atom. The van der Waals surface area contributed by atoms with Crippen LogP contribution >= 0.6 is 0 Å². The summed E-state index contributed by atoms with van der Waals surface area (Å²) in [6.07, 6.45) is 11.4. The Morgan fingerprint density at radius 3 is 2.20 bits per heavy atom. The smallest absolute Gasteiger partial charge is 0.00162 e. The highest BCUT2D eigenvalue weighted by molar-refractivity contribution is 4.68. The first kappa shape index (κ1) is 13.0. The average Bonchev–Trinajstić information content (AvgIpc) is 2.26. The molecule has 15 heavy (non-hydrogen) atoms. The third kappa shape index (κ3) is 6.19. The SMILES string of the molecule is CCCCCCCCN1CCC(C)CC1. The van der Waals surface area contributed by atoms with E-state index in [1.54, 1.807) is 0 Å². The van der Waals surface area contributed by atoms with Gasteiger partial charge in [-0.15, -0.1) is 0 Å². The highest BCUT2D eigenvalue weighted by Crippen LogP contribution is 2.16. The van der Waals surface area contributed by atoms with Gasteiger partial charge in [0, 0.05) is 0 Å². The first-order valence-corrected chi connectivity index (χ1v) is 7.05. The molecule has 0 N–H and O–H groups in total. The molecular weight excluding hydrogens is 182 g/mol. The molecule has 0 aliphatic carbocycles. The minimum absolute atomic E-state index is 0.978. The molecule has 0 aromatic rings. The van der Waals surface area contributed by atoms with Crippen LogP contribution in [0.3, 0.4) is 0 Å². The van der Waals surface area contributed by atoms with Crippen LogP contribution in [0.4, 0.5) is 0 Å². The van der Waals surface area contributed by atoms with E-state index in [1.165, 1.54) is 71.0 Å². The number of hydrogen-bond donors (Lipinski definition) is 0. The van der Waals surface area contributed by atoms with Crippen LogP contribution < -0.4 is 0 Å². The van der Waals surface area contributed by atoms with Crippen molar-refractivity contribution >= 4 is 0 Å². The second kappa shape index (κ2) is 8.15. The van der Waals surface area contributed by atoms with E-state index in [4.69, 9.17) is 0 Å². The fourth-order valence-electron chi connectivity index (χ4n) is 2.40. The summed E-state index contributed by atoms with van der Waals surface area (Å²) in [5.74, 6) is 0.978. The average molecular weight is 211 g/mol. The predicted octanol–water partition coefficient (Wildman–Crippen LogP) is 4.08. The Hall–Kier alpha value is -0.0400. The van der Waals surface area contributed by atoms with E-state index in [0.29, 0.717) is 0 Å². The maximum Gasteiger partial charge on any atom is -0.00162 e. The van der Waals surface area contributed by atoms with Gasteiger partial charge in [-0.25, -0.2) is 0 Å². The number of nitrogens with zero attached hydrogens (tertiary/aromatic N) is 1. The first-order chi connectivity index (χ1) is 7.33. The van der Waals surface area contributed by atoms with Crippen molar-refractivity contribution in [3.8, 4) is 0 Å². The van der Waals surface area contributed by atoms with Gasteiger partial charge in [0.15, 0.2) is 0 Å². The Morgan fingerprint density at radius 2 is 1.53 bits per heavy atom. The van der Waals surface area contributed by atoms with Gasteiger partial charge < -0.3 is 4.90 Å². The molecule has 0 amide bonds. The van der Waals surface area contributed by atoms with Gasteiger partial charge in [0.2, 0.25) is 0 Å². The van der Waals surface area contributed by atoms with E-state index in [1.807, 2.05) is 0 Å². The van der Waals surface area contributed by atoms with E-state index in [2.05, 4.69) is 18.7 Å². The minimum Gasteiger partial charge on any atom is -0.303 e. The van der Waals surface area contributed by atoms with E-state index in [-0.39, 0.29) is 0 Å². The summed E-state index contributed by atoms with van der Waals surface area (Å²) >= 11 is 0. The molecule has 0 radical (unpaired) electrons. The Bertz CT molecular complexity index is 136. The molecule has 1 heterocycles. The van der Waals surface area contributed by atoms with Gasteiger partial charge in [-0.3, -0.25) is 0 Å². The Balaban J connectivity index is 1.87. The second-order valence-corrected chi connectivity index (χ2v) is 5.29. The van der Waals surface area contributed by atoms with Crippen LogP contribution in [0.15, 0.2) is 0 Å². The van der Waals surface area contributed by atoms with Crippen molar-refractivity contribution in [2.45, 2.75) is 65.2 Å². The molecule has 90 valence electrons. The molecule has 1 heteroatoms. The third-order valence-electron chi connectivity index (χ3n) is 3.70. The number of rotatable bonds is 7. The zero-order chi connectivity index (χ0) is 10.9. The zero-order valence-corrected chi connectivity index (χ0v) is 10.8. The lowest BCUT2D eigenvalue weighted by Crippen LogP contribution is -2.33. The Kier molecular flexibility index (Phi) is 7.08. The molecule has 0 bridgehead atoms. The van der Waals surface area contributed by atoms with Gasteiger partial charge in [-0.2, -0.15) is 0 Å². The van der Waals surface area contributed by atoms with Crippen LogP contribution in [0, 0.1) is 5.92 Å². The largest absolute Gasteiger partial charge is 0.303 e. The lowest BCUT2D eigenvalue weighted by Gasteiger charge is -2.30. The number of hydrogen-bond acceptors (Lipinski definition) is 1. The molecular formula is C14H29N. The van der Waals surface area contributed by atoms with Gasteiger partial charge in [-0.1, -0.05) is 46.0 Å². The molecule has 1 nitrogen and oxygen atoms in total. The highest BCUT2D eigenvalue weighted by atomic mass is 15.1. The molecule has 0 atom stereocenters. The summed E-state index contributed by atoms with van der Waals surface area (Å²) in [7, 11) is 0. The van der Waals surface area contributed by atoms with E-state index in [0.717, 1.165) is 5.92 Å². The van der Waals surface area contributed by atoms with Crippen LogP contribution in [0.1, 0.15) is 65.2 Å². The molecule has 1 aliphatic heterocycles. The second-order valence-electron chi connectivity index (χ2n) is 5.29. The summed E-state index contributed by atoms with van der Waals surface area (Å²) in [6, 6.07) is 0. The molecule has 1 saturated heterocycles. The molecule has 1 aliphatic rings. The van der Waals surface area contributed by atoms with Crippen molar-refractivity contribution in [2.24, 2.45) is 5.92 Å². The molecule has 0 spiro atoms. The number of unbranched alkanes of at least 4 members (excludes halogenated alkanes) is 5. The fourth-order valence-corrected chi connectivity index (χ4v) is 2.40. The van der Waals surface area contributed by atoms with Crippen molar-refractivity contribution in [3.63, 3.8) is 0 Å². The van der Waals surface area contributed by atoms with Crippen LogP contribution in [0.5, 0.6) is 0 Å². The summed E-state index contributed by atoms with van der Waals surface area (Å²) in [4.78, 5) is 2.67. The van der Waals surface area contributed by atoms with E-state index < -0.39 is 0 Å². The van der Waals surface area contributed by atoms with E-state index >= 15 is 0 Å². The molecule has 0 aromatic heterocycles. The monoisotopic (exact) mass is 211 g/mol. The summed E-state index contributed by atoms with van der Waals surface area (Å²) in [5.41, 5.74) is 0. The Labute approximate surface area is 96.2 Å². The van der Waals surface area contributed by atoms with Crippen molar-refractivity contribution in [1.29, 1.82) is 0 Å². The lowest BCUT2D eigenvalue weighted by atomic mass is 9.99. The van der Waals surface area contributed by atoms with Gasteiger partial charge >= 0.3 is 0 Å². The van der Waals surface area contributed by atoms with Crippen molar-refractivity contribution < 1.29 is 0 Å². The first-order valence-electron chi connectivity index (χ1n) is 7.05. The summed E-state index contributed by atoms with van der Waals surface area (Å²) in [6.45, 7) is 8.75. The van der Waals surface area contributed by atoms with Crippen molar-refractivity contribution in [1.82, 2.24) is 4.90 Å². The summed E-state index contributed by atoms with van der Waals surface area (Å²) in [5, 5.41) is 0. The lowest BCUT2D eigenvalue weighted by molar-refractivity contribution is 0.189. The minimum atomic E-state index is 0.978. The standard InChI is InChI=1S/C14H29N/c1-3-4-5-6-7-8-11-15-12-9-14(2)10-13-15/h14H,3-13H2,1-2H3. The van der Waals surface area contributed by atoms with Crippen molar-refractivity contribution in [2.75, 3.05) is 19.6 Å². The number of piperidine rings is 1. The highest BCUT2D eigenvalue weighted by Gasteiger charge is 2.14. The normalized spacial score (nSPS) is 19.6. The van der Waals surface area contributed by atoms with Crippen LogP contribution in [-0.4, -0.2) is 24.5 Å². The van der Waals surface area contributed by atoms with Gasteiger partial charge in [0.05, 0.1) is 0 Å². The maximum absolute atomic E-state index is 2.67. The predicted molar refractivity (Wildman–Crippen MR) is 68.2 cm³/mol. The topological polar surface area (TPSA) is 3.24 Å². The van der Waals surface area contributed by atoms with Gasteiger partial charge in [-0.05, 0) is 44.8 Å². The maximum atomic E-state index is 2.67. The van der Waals surface area contributed by atoms with Crippen LogP contribution in [-0.2, 0) is 0 Å². The van der Waals surface area contributed by atoms with Gasteiger partial charge in [0.1, 0.15) is 0 Å². The van der Waals surface area contributed by atoms with Crippen LogP contribution in [0.25, 0.3) is 0 Å². The molecule has 0 aromatic carbocycles. The molecule has 0 unspecified atom stereocenters. The molecule has 0 saturated carbocycles. The molecule has 1 rings (SSSR count).